The fourth-order valence-electron chi connectivity index (χ4n) is 4.32. The molecule has 3 heterocycles. The fourth-order valence-corrected chi connectivity index (χ4v) is 4.32. The number of nitrogen functional groups attached to an aromatic ring is 1. The largest absolute Gasteiger partial charge is 0.384 e. The van der Waals surface area contributed by atoms with Crippen LogP contribution >= 0.6 is 0 Å². The Labute approximate surface area is 167 Å². The Hall–Kier alpha value is -2.44. The molecule has 2 aromatic rings. The Morgan fingerprint density at radius 1 is 1.36 bits per heavy atom. The van der Waals surface area contributed by atoms with E-state index in [-0.39, 0.29) is 0 Å². The number of nitrogens with zero attached hydrogens (tertiary/aromatic N) is 3. The second-order valence-electron chi connectivity index (χ2n) is 7.95. The number of aromatic nitrogens is 2. The maximum absolute atomic E-state index is 5.71. The molecule has 0 amide bonds. The molecule has 1 aromatic heterocycles. The van der Waals surface area contributed by atoms with Gasteiger partial charge < -0.3 is 16.4 Å². The maximum Gasteiger partial charge on any atom is 0.220 e. The minimum absolute atomic E-state index is 0.302. The average molecular weight is 379 g/mol. The van der Waals surface area contributed by atoms with Crippen LogP contribution in [-0.2, 0) is 6.54 Å². The molecule has 2 aliphatic rings. The van der Waals surface area contributed by atoms with Crippen LogP contribution in [0.4, 0.5) is 5.95 Å². The van der Waals surface area contributed by atoms with E-state index in [1.54, 1.807) is 6.20 Å². The van der Waals surface area contributed by atoms with Gasteiger partial charge in [-0.2, -0.15) is 0 Å². The SMILES string of the molecule is C=C(NCc1ccc(-c2ccnc(N)n2)cc1C)[C@@H]1CC[C@@H]2CNCCN2C1. The van der Waals surface area contributed by atoms with Crippen molar-refractivity contribution in [1.29, 1.82) is 0 Å². The first kappa shape index (κ1) is 18.9. The van der Waals surface area contributed by atoms with Crippen LogP contribution in [0.25, 0.3) is 11.3 Å². The molecule has 0 saturated carbocycles. The van der Waals surface area contributed by atoms with Gasteiger partial charge in [0.1, 0.15) is 0 Å². The zero-order chi connectivity index (χ0) is 19.5. The topological polar surface area (TPSA) is 79.1 Å². The second-order valence-corrected chi connectivity index (χ2v) is 7.95. The predicted octanol–water partition coefficient (Wildman–Crippen LogP) is 2.32. The van der Waals surface area contributed by atoms with Crippen LogP contribution in [0.1, 0.15) is 24.0 Å². The summed E-state index contributed by atoms with van der Waals surface area (Å²) in [5.41, 5.74) is 11.3. The molecule has 2 aliphatic heterocycles. The molecule has 0 aliphatic carbocycles. The number of piperazine rings is 1. The normalized spacial score (nSPS) is 22.5. The Balaban J connectivity index is 1.36. The van der Waals surface area contributed by atoms with Gasteiger partial charge in [-0.15, -0.1) is 0 Å². The van der Waals surface area contributed by atoms with Crippen LogP contribution < -0.4 is 16.4 Å². The molecular weight excluding hydrogens is 348 g/mol. The average Bonchev–Trinajstić information content (AvgIpc) is 2.72. The minimum atomic E-state index is 0.302. The number of nitrogens with one attached hydrogen (secondary N) is 2. The van der Waals surface area contributed by atoms with Crippen molar-refractivity contribution in [2.75, 3.05) is 31.9 Å². The number of benzene rings is 1. The van der Waals surface area contributed by atoms with E-state index >= 15 is 0 Å². The number of nitrogens with two attached hydrogens (primary N) is 1. The van der Waals surface area contributed by atoms with Crippen molar-refractivity contribution in [1.82, 2.24) is 25.5 Å². The first-order chi connectivity index (χ1) is 13.6. The van der Waals surface area contributed by atoms with Crippen molar-refractivity contribution in [3.8, 4) is 11.3 Å². The molecule has 0 spiro atoms. The summed E-state index contributed by atoms with van der Waals surface area (Å²) in [6.07, 6.45) is 4.18. The van der Waals surface area contributed by atoms with E-state index < -0.39 is 0 Å². The highest BCUT2D eigenvalue weighted by atomic mass is 15.2. The van der Waals surface area contributed by atoms with Crippen LogP contribution in [0.3, 0.4) is 0 Å². The summed E-state index contributed by atoms with van der Waals surface area (Å²) in [4.78, 5) is 10.9. The highest BCUT2D eigenvalue weighted by Crippen LogP contribution is 2.27. The van der Waals surface area contributed by atoms with Gasteiger partial charge in [0.05, 0.1) is 5.69 Å². The third-order valence-electron chi connectivity index (χ3n) is 6.09. The van der Waals surface area contributed by atoms with Gasteiger partial charge in [0.15, 0.2) is 0 Å². The van der Waals surface area contributed by atoms with Crippen molar-refractivity contribution in [2.45, 2.75) is 32.4 Å². The Kier molecular flexibility index (Phi) is 5.59. The van der Waals surface area contributed by atoms with Crippen molar-refractivity contribution >= 4 is 5.95 Å². The highest BCUT2D eigenvalue weighted by Gasteiger charge is 2.30. The third kappa shape index (κ3) is 4.18. The van der Waals surface area contributed by atoms with Crippen molar-refractivity contribution in [3.05, 3.63) is 53.9 Å². The summed E-state index contributed by atoms with van der Waals surface area (Å²) < 4.78 is 0. The molecule has 6 heteroatoms. The summed E-state index contributed by atoms with van der Waals surface area (Å²) >= 11 is 0. The number of anilines is 1. The molecule has 2 atom stereocenters. The Morgan fingerprint density at radius 3 is 3.07 bits per heavy atom. The van der Waals surface area contributed by atoms with Gasteiger partial charge in [-0.05, 0) is 43.0 Å². The van der Waals surface area contributed by atoms with Crippen molar-refractivity contribution in [3.63, 3.8) is 0 Å². The quantitative estimate of drug-likeness (QED) is 0.741. The third-order valence-corrected chi connectivity index (χ3v) is 6.09. The van der Waals surface area contributed by atoms with E-state index in [0.717, 1.165) is 44.0 Å². The van der Waals surface area contributed by atoms with Crippen LogP contribution in [-0.4, -0.2) is 47.1 Å². The molecule has 148 valence electrons. The smallest absolute Gasteiger partial charge is 0.220 e. The van der Waals surface area contributed by atoms with Gasteiger partial charge in [0.2, 0.25) is 5.95 Å². The monoisotopic (exact) mass is 378 g/mol. The predicted molar refractivity (Wildman–Crippen MR) is 114 cm³/mol. The second kappa shape index (κ2) is 8.29. The molecule has 4 N–H and O–H groups in total. The van der Waals surface area contributed by atoms with E-state index in [9.17, 15) is 0 Å². The zero-order valence-electron chi connectivity index (χ0n) is 16.6. The first-order valence-corrected chi connectivity index (χ1v) is 10.2. The van der Waals surface area contributed by atoms with Gasteiger partial charge in [-0.3, -0.25) is 4.90 Å². The van der Waals surface area contributed by atoms with E-state index in [1.807, 2.05) is 6.07 Å². The first-order valence-electron chi connectivity index (χ1n) is 10.2. The lowest BCUT2D eigenvalue weighted by Gasteiger charge is -2.43. The Morgan fingerprint density at radius 2 is 2.25 bits per heavy atom. The number of hydrogen-bond donors (Lipinski definition) is 3. The van der Waals surface area contributed by atoms with Crippen LogP contribution in [0, 0.1) is 12.8 Å². The number of piperidine rings is 1. The zero-order valence-corrected chi connectivity index (χ0v) is 16.6. The summed E-state index contributed by atoms with van der Waals surface area (Å²) in [6.45, 7) is 11.8. The number of fused-ring (bicyclic) bond motifs is 1. The van der Waals surface area contributed by atoms with Crippen molar-refractivity contribution in [2.24, 2.45) is 5.92 Å². The van der Waals surface area contributed by atoms with Gasteiger partial charge in [-0.1, -0.05) is 18.7 Å². The lowest BCUT2D eigenvalue weighted by atomic mass is 9.89. The number of rotatable bonds is 5. The van der Waals surface area contributed by atoms with Gasteiger partial charge in [-0.25, -0.2) is 9.97 Å². The molecule has 6 nitrogen and oxygen atoms in total. The maximum atomic E-state index is 5.71. The molecule has 0 radical (unpaired) electrons. The van der Waals surface area contributed by atoms with Crippen LogP contribution in [0.15, 0.2) is 42.7 Å². The number of hydrogen-bond acceptors (Lipinski definition) is 6. The molecular formula is C22H30N6. The summed E-state index contributed by atoms with van der Waals surface area (Å²) in [7, 11) is 0. The summed E-state index contributed by atoms with van der Waals surface area (Å²) in [6, 6.07) is 9.02. The molecule has 4 rings (SSSR count). The van der Waals surface area contributed by atoms with Gasteiger partial charge in [0.25, 0.3) is 0 Å². The van der Waals surface area contributed by atoms with Gasteiger partial charge in [0, 0.05) is 62.1 Å². The van der Waals surface area contributed by atoms with Gasteiger partial charge >= 0.3 is 0 Å². The highest BCUT2D eigenvalue weighted by molar-refractivity contribution is 5.61. The molecule has 0 bridgehead atoms. The minimum Gasteiger partial charge on any atom is -0.384 e. The molecule has 1 aromatic carbocycles. The fraction of sp³-hybridized carbons (Fsp3) is 0.455. The van der Waals surface area contributed by atoms with Crippen LogP contribution in [0.2, 0.25) is 0 Å². The number of aryl methyl sites for hydroxylation is 1. The summed E-state index contributed by atoms with van der Waals surface area (Å²) in [5.74, 6) is 0.842. The standard InChI is InChI=1S/C22H30N6/c1-15-11-17(21-7-8-25-22(23)27-21)3-4-18(15)12-26-16(2)19-5-6-20-13-24-9-10-28(20)14-19/h3-4,7-8,11,19-20,24,26H,2,5-6,9-10,12-14H2,1H3,(H2,23,25,27)/t19-,20-/m1/s1. The Bertz CT molecular complexity index is 849. The van der Waals surface area contributed by atoms with E-state index in [4.69, 9.17) is 5.73 Å². The summed E-state index contributed by atoms with van der Waals surface area (Å²) in [5, 5.41) is 7.10. The van der Waals surface area contributed by atoms with E-state index in [0.29, 0.717) is 17.9 Å². The lowest BCUT2D eigenvalue weighted by Crippen LogP contribution is -2.55. The molecule has 0 unspecified atom stereocenters. The molecule has 2 fully saturated rings. The van der Waals surface area contributed by atoms with E-state index in [1.165, 1.54) is 29.7 Å². The molecule has 2 saturated heterocycles. The lowest BCUT2D eigenvalue weighted by molar-refractivity contribution is 0.0942. The van der Waals surface area contributed by atoms with Crippen LogP contribution in [0.5, 0.6) is 0 Å². The van der Waals surface area contributed by atoms with Crippen molar-refractivity contribution < 1.29 is 0 Å². The van der Waals surface area contributed by atoms with E-state index in [2.05, 4.69) is 57.2 Å². The molecule has 28 heavy (non-hydrogen) atoms.